The minimum Gasteiger partial charge on any atom is -0.466 e. The van der Waals surface area contributed by atoms with E-state index in [1.807, 2.05) is 13.0 Å². The summed E-state index contributed by atoms with van der Waals surface area (Å²) in [5, 5.41) is 0. The number of carbonyl (C=O) groups excluding carboxylic acids is 2. The highest BCUT2D eigenvalue weighted by Crippen LogP contribution is 2.45. The van der Waals surface area contributed by atoms with Gasteiger partial charge >= 0.3 is 5.97 Å². The summed E-state index contributed by atoms with van der Waals surface area (Å²) in [6.45, 7) is 2.24. The molecule has 0 saturated heterocycles. The second kappa shape index (κ2) is 5.88. The van der Waals surface area contributed by atoms with E-state index in [0.717, 1.165) is 34.9 Å². The molecule has 0 saturated carbocycles. The molecule has 0 aliphatic heterocycles. The van der Waals surface area contributed by atoms with Crippen LogP contribution in [0.5, 0.6) is 0 Å². The summed E-state index contributed by atoms with van der Waals surface area (Å²) in [6, 6.07) is 3.81. The molecule has 2 aliphatic rings. The fraction of sp³-hybridized carbons (Fsp3) is 0.412. The Labute approximate surface area is 137 Å². The zero-order valence-corrected chi connectivity index (χ0v) is 14.0. The average molecular weight is 364 g/mol. The Kier molecular flexibility index (Phi) is 4.08. The first-order valence-corrected chi connectivity index (χ1v) is 8.30. The molecule has 1 aromatic rings. The second-order valence-corrected chi connectivity index (χ2v) is 6.71. The molecule has 3 rings (SSSR count). The van der Waals surface area contributed by atoms with Crippen molar-refractivity contribution in [1.82, 2.24) is 0 Å². The van der Waals surface area contributed by atoms with E-state index < -0.39 is 5.91 Å². The molecule has 1 amide bonds. The van der Waals surface area contributed by atoms with Gasteiger partial charge in [-0.25, -0.2) is 0 Å². The third-order valence-electron chi connectivity index (χ3n) is 4.49. The number of rotatable bonds is 3. The lowest BCUT2D eigenvalue weighted by Gasteiger charge is -2.22. The van der Waals surface area contributed by atoms with Crippen LogP contribution in [-0.4, -0.2) is 18.5 Å². The maximum atomic E-state index is 12.0. The van der Waals surface area contributed by atoms with Gasteiger partial charge in [0.15, 0.2) is 0 Å². The molecule has 1 atom stereocenters. The van der Waals surface area contributed by atoms with Gasteiger partial charge in [-0.05, 0) is 61.4 Å². The number of amides is 1. The monoisotopic (exact) mass is 363 g/mol. The summed E-state index contributed by atoms with van der Waals surface area (Å²) in [4.78, 5) is 23.7. The van der Waals surface area contributed by atoms with E-state index >= 15 is 0 Å². The molecule has 1 unspecified atom stereocenters. The largest absolute Gasteiger partial charge is 0.466 e. The maximum absolute atomic E-state index is 12.0. The van der Waals surface area contributed by atoms with Crippen molar-refractivity contribution < 1.29 is 14.3 Å². The molecule has 0 fully saturated rings. The van der Waals surface area contributed by atoms with E-state index in [0.29, 0.717) is 18.6 Å². The first kappa shape index (κ1) is 15.3. The fourth-order valence-corrected chi connectivity index (χ4v) is 3.94. The lowest BCUT2D eigenvalue weighted by atomic mass is 9.84. The Morgan fingerprint density at radius 1 is 1.41 bits per heavy atom. The third-order valence-corrected chi connectivity index (χ3v) is 4.95. The molecule has 0 spiro atoms. The summed E-state index contributed by atoms with van der Waals surface area (Å²) in [5.74, 6) is -0.604. The number of benzene rings is 1. The molecular weight excluding hydrogens is 346 g/mol. The predicted octanol–water partition coefficient (Wildman–Crippen LogP) is 3.22. The second-order valence-electron chi connectivity index (χ2n) is 5.79. The molecule has 0 radical (unpaired) electrons. The number of ether oxygens (including phenoxy) is 1. The van der Waals surface area contributed by atoms with Crippen LogP contribution >= 0.6 is 15.9 Å². The van der Waals surface area contributed by atoms with Crippen molar-refractivity contribution in [2.75, 3.05) is 6.61 Å². The fourth-order valence-electron chi connectivity index (χ4n) is 3.48. The number of fused-ring (bicyclic) bond motifs is 2. The normalized spacial score (nSPS) is 19.6. The Morgan fingerprint density at radius 2 is 2.18 bits per heavy atom. The quantitative estimate of drug-likeness (QED) is 0.838. The van der Waals surface area contributed by atoms with Crippen LogP contribution in [0.4, 0.5) is 0 Å². The van der Waals surface area contributed by atoms with Gasteiger partial charge in [0.2, 0.25) is 5.91 Å². The molecule has 22 heavy (non-hydrogen) atoms. The highest BCUT2D eigenvalue weighted by atomic mass is 79.9. The number of hydrogen-bond acceptors (Lipinski definition) is 3. The highest BCUT2D eigenvalue weighted by molar-refractivity contribution is 9.10. The average Bonchev–Trinajstić information content (AvgIpc) is 2.84. The number of primary amides is 1. The molecule has 0 bridgehead atoms. The van der Waals surface area contributed by atoms with Gasteiger partial charge in [0.25, 0.3) is 0 Å². The predicted molar refractivity (Wildman–Crippen MR) is 87.3 cm³/mol. The van der Waals surface area contributed by atoms with Crippen LogP contribution in [0, 0.1) is 5.92 Å². The molecule has 4 nitrogen and oxygen atoms in total. The van der Waals surface area contributed by atoms with Gasteiger partial charge in [0.05, 0.1) is 12.5 Å². The van der Waals surface area contributed by atoms with Gasteiger partial charge in [-0.2, -0.15) is 0 Å². The van der Waals surface area contributed by atoms with Crippen LogP contribution in [0.2, 0.25) is 0 Å². The van der Waals surface area contributed by atoms with Crippen LogP contribution in [0.15, 0.2) is 22.2 Å². The molecule has 2 aliphatic carbocycles. The number of allylic oxidation sites excluding steroid dienone is 2. The third kappa shape index (κ3) is 2.58. The number of hydrogen-bond donors (Lipinski definition) is 1. The van der Waals surface area contributed by atoms with E-state index in [2.05, 4.69) is 15.9 Å². The van der Waals surface area contributed by atoms with Crippen LogP contribution in [-0.2, 0) is 16.0 Å². The van der Waals surface area contributed by atoms with E-state index in [-0.39, 0.29) is 11.9 Å². The zero-order chi connectivity index (χ0) is 15.9. The molecule has 0 aromatic heterocycles. The summed E-state index contributed by atoms with van der Waals surface area (Å²) < 4.78 is 6.00. The Bertz CT molecular complexity index is 693. The zero-order valence-electron chi connectivity index (χ0n) is 12.4. The molecular formula is C17H18BrNO3. The topological polar surface area (TPSA) is 69.4 Å². The Morgan fingerprint density at radius 3 is 2.86 bits per heavy atom. The maximum Gasteiger partial charge on any atom is 0.309 e. The molecule has 2 N–H and O–H groups in total. The SMILES string of the molecule is CCOC(=O)C1CCC2=C(C1)c1cc(Br)cc(C(N)=O)c1C2. The summed E-state index contributed by atoms with van der Waals surface area (Å²) in [7, 11) is 0. The minimum absolute atomic E-state index is 0.0827. The van der Waals surface area contributed by atoms with Crippen LogP contribution in [0.1, 0.15) is 47.7 Å². The molecule has 1 aromatic carbocycles. The molecule has 5 heteroatoms. The Balaban J connectivity index is 1.96. The van der Waals surface area contributed by atoms with Crippen molar-refractivity contribution in [2.24, 2.45) is 11.7 Å². The first-order chi connectivity index (χ1) is 10.5. The smallest absolute Gasteiger partial charge is 0.309 e. The van der Waals surface area contributed by atoms with Gasteiger partial charge in [0, 0.05) is 10.0 Å². The van der Waals surface area contributed by atoms with Gasteiger partial charge in [0.1, 0.15) is 0 Å². The van der Waals surface area contributed by atoms with Gasteiger partial charge in [-0.1, -0.05) is 21.5 Å². The van der Waals surface area contributed by atoms with E-state index in [4.69, 9.17) is 10.5 Å². The number of esters is 1. The van der Waals surface area contributed by atoms with Crippen LogP contribution < -0.4 is 5.73 Å². The number of carbonyl (C=O) groups is 2. The van der Waals surface area contributed by atoms with Crippen LogP contribution in [0.3, 0.4) is 0 Å². The lowest BCUT2D eigenvalue weighted by molar-refractivity contribution is -0.148. The van der Waals surface area contributed by atoms with Gasteiger partial charge in [-0.3, -0.25) is 9.59 Å². The first-order valence-electron chi connectivity index (χ1n) is 7.51. The van der Waals surface area contributed by atoms with Gasteiger partial charge < -0.3 is 10.5 Å². The Hall–Kier alpha value is -1.62. The van der Waals surface area contributed by atoms with Crippen molar-refractivity contribution in [2.45, 2.75) is 32.6 Å². The summed E-state index contributed by atoms with van der Waals surface area (Å²) in [5.41, 5.74) is 10.7. The number of halogens is 1. The van der Waals surface area contributed by atoms with E-state index in [1.165, 1.54) is 11.1 Å². The van der Waals surface area contributed by atoms with Crippen molar-refractivity contribution in [3.05, 3.63) is 38.9 Å². The van der Waals surface area contributed by atoms with Gasteiger partial charge in [-0.15, -0.1) is 0 Å². The van der Waals surface area contributed by atoms with Crippen molar-refractivity contribution >= 4 is 33.4 Å². The van der Waals surface area contributed by atoms with Crippen molar-refractivity contribution in [1.29, 1.82) is 0 Å². The van der Waals surface area contributed by atoms with Crippen molar-refractivity contribution in [3.8, 4) is 0 Å². The summed E-state index contributed by atoms with van der Waals surface area (Å²) in [6.07, 6.45) is 3.16. The summed E-state index contributed by atoms with van der Waals surface area (Å²) >= 11 is 3.45. The molecule has 116 valence electrons. The van der Waals surface area contributed by atoms with E-state index in [1.54, 1.807) is 6.07 Å². The van der Waals surface area contributed by atoms with Crippen molar-refractivity contribution in [3.63, 3.8) is 0 Å². The standard InChI is InChI=1S/C17H18BrNO3/c1-2-22-17(21)10-4-3-9-5-13-14(12(9)6-10)7-11(18)8-15(13)16(19)20/h7-8,10H,2-6H2,1H3,(H2,19,20). The van der Waals surface area contributed by atoms with E-state index in [9.17, 15) is 9.59 Å². The van der Waals surface area contributed by atoms with Crippen LogP contribution in [0.25, 0.3) is 5.57 Å². The highest BCUT2D eigenvalue weighted by Gasteiger charge is 2.33. The number of nitrogens with two attached hydrogens (primary N) is 1. The lowest BCUT2D eigenvalue weighted by Crippen LogP contribution is -2.21. The minimum atomic E-state index is -0.403. The molecule has 0 heterocycles.